The first-order valence-electron chi connectivity index (χ1n) is 12.8. The van der Waals surface area contributed by atoms with Crippen LogP contribution >= 0.6 is 11.8 Å². The molecule has 1 aromatic carbocycles. The lowest BCUT2D eigenvalue weighted by Crippen LogP contribution is -2.37. The number of thioether (sulfide) groups is 1. The number of anilines is 3. The second kappa shape index (κ2) is 10.4. The Balaban J connectivity index is 1.38. The zero-order valence-electron chi connectivity index (χ0n) is 21.2. The molecule has 3 aliphatic rings. The van der Waals surface area contributed by atoms with E-state index in [1.807, 2.05) is 44.2 Å². The monoisotopic (exact) mass is 509 g/mol. The average molecular weight is 510 g/mol. The van der Waals surface area contributed by atoms with Crippen LogP contribution in [-0.2, 0) is 4.74 Å². The minimum absolute atomic E-state index is 0.159. The van der Waals surface area contributed by atoms with Crippen molar-refractivity contribution >= 4 is 35.0 Å². The smallest absolute Gasteiger partial charge is 0.258 e. The fourth-order valence-electron chi connectivity index (χ4n) is 5.08. The lowest BCUT2D eigenvalue weighted by Gasteiger charge is -2.35. The van der Waals surface area contributed by atoms with E-state index in [1.165, 1.54) is 25.7 Å². The van der Waals surface area contributed by atoms with Crippen LogP contribution in [0, 0.1) is 10.3 Å². The molecule has 36 heavy (non-hydrogen) atoms. The van der Waals surface area contributed by atoms with E-state index in [9.17, 15) is 9.70 Å². The van der Waals surface area contributed by atoms with Crippen molar-refractivity contribution in [2.24, 2.45) is 10.6 Å². The van der Waals surface area contributed by atoms with Gasteiger partial charge in [0.05, 0.1) is 31.0 Å². The number of aromatic nitrogens is 1. The van der Waals surface area contributed by atoms with E-state index in [0.29, 0.717) is 30.0 Å². The van der Waals surface area contributed by atoms with Gasteiger partial charge < -0.3 is 19.9 Å². The first kappa shape index (κ1) is 25.0. The van der Waals surface area contributed by atoms with Crippen molar-refractivity contribution in [3.05, 3.63) is 46.9 Å². The predicted molar refractivity (Wildman–Crippen MR) is 145 cm³/mol. The Morgan fingerprint density at radius 3 is 2.53 bits per heavy atom. The normalized spacial score (nSPS) is 19.3. The van der Waals surface area contributed by atoms with Gasteiger partial charge >= 0.3 is 0 Å². The molecule has 5 rings (SSSR count). The van der Waals surface area contributed by atoms with Crippen LogP contribution in [0.1, 0.15) is 49.9 Å². The van der Waals surface area contributed by atoms with Crippen molar-refractivity contribution in [2.75, 3.05) is 61.1 Å². The summed E-state index contributed by atoms with van der Waals surface area (Å²) in [4.78, 5) is 34.7. The topological polar surface area (TPSA) is 87.1 Å². The molecule has 0 radical (unpaired) electrons. The molecular formula is C27H35N5O3S. The summed E-state index contributed by atoms with van der Waals surface area (Å²) in [5.41, 5.74) is 2.15. The highest BCUT2D eigenvalue weighted by Crippen LogP contribution is 2.54. The highest BCUT2D eigenvalue weighted by atomic mass is 32.2. The third-order valence-corrected chi connectivity index (χ3v) is 8.66. The van der Waals surface area contributed by atoms with Crippen LogP contribution in [0.5, 0.6) is 0 Å². The number of morpholine rings is 1. The summed E-state index contributed by atoms with van der Waals surface area (Å²) in [6, 6.07) is 11.7. The molecule has 3 fully saturated rings. The maximum Gasteiger partial charge on any atom is 0.258 e. The number of nitrogens with zero attached hydrogens (tertiary/aromatic N) is 4. The molecule has 1 aromatic heterocycles. The highest BCUT2D eigenvalue weighted by molar-refractivity contribution is 8.00. The molecule has 1 aliphatic carbocycles. The number of ether oxygens (including phenoxy) is 1. The van der Waals surface area contributed by atoms with Gasteiger partial charge in [-0.05, 0) is 75.3 Å². The number of benzene rings is 1. The molecule has 8 nitrogen and oxygen atoms in total. The Morgan fingerprint density at radius 2 is 1.83 bits per heavy atom. The number of nitrogens with one attached hydrogen (secondary N) is 1. The van der Waals surface area contributed by atoms with Gasteiger partial charge in [0, 0.05) is 35.8 Å². The summed E-state index contributed by atoms with van der Waals surface area (Å²) >= 11 is 1.62. The number of amides is 1. The Labute approximate surface area is 217 Å². The van der Waals surface area contributed by atoms with Crippen molar-refractivity contribution in [2.45, 2.75) is 49.2 Å². The minimum Gasteiger partial charge on any atom is -0.378 e. The summed E-state index contributed by atoms with van der Waals surface area (Å²) in [5.74, 6) is 1.23. The summed E-state index contributed by atoms with van der Waals surface area (Å²) in [7, 11) is 0. The molecule has 1 N–H and O–H groups in total. The predicted octanol–water partition coefficient (Wildman–Crippen LogP) is 5.19. The van der Waals surface area contributed by atoms with E-state index >= 15 is 0 Å². The van der Waals surface area contributed by atoms with Gasteiger partial charge in [0.1, 0.15) is 11.6 Å². The maximum atomic E-state index is 13.5. The number of hydrogen-bond donors (Lipinski definition) is 1. The molecule has 2 aliphatic heterocycles. The number of piperidine rings is 1. The molecule has 192 valence electrons. The molecule has 2 saturated heterocycles. The lowest BCUT2D eigenvalue weighted by atomic mass is 9.93. The molecule has 1 spiro atoms. The van der Waals surface area contributed by atoms with Crippen LogP contribution in [0.15, 0.2) is 46.5 Å². The Bertz CT molecular complexity index is 1100. The van der Waals surface area contributed by atoms with E-state index in [2.05, 4.69) is 26.4 Å². The van der Waals surface area contributed by atoms with E-state index < -0.39 is 0 Å². The highest BCUT2D eigenvalue weighted by Gasteiger charge is 2.44. The summed E-state index contributed by atoms with van der Waals surface area (Å²) in [6.07, 6.45) is 5.02. The minimum atomic E-state index is -0.313. The number of pyridine rings is 1. The fourth-order valence-corrected chi connectivity index (χ4v) is 6.14. The molecule has 1 saturated carbocycles. The van der Waals surface area contributed by atoms with Crippen LogP contribution in [0.2, 0.25) is 0 Å². The first-order chi connectivity index (χ1) is 17.4. The van der Waals surface area contributed by atoms with Gasteiger partial charge in [-0.15, -0.1) is 11.8 Å². The van der Waals surface area contributed by atoms with Gasteiger partial charge in [0.15, 0.2) is 0 Å². The number of nitroso groups, excluding NO2 is 1. The third kappa shape index (κ3) is 5.83. The van der Waals surface area contributed by atoms with Gasteiger partial charge in [0.2, 0.25) is 0 Å². The molecule has 0 atom stereocenters. The molecule has 9 heteroatoms. The van der Waals surface area contributed by atoms with Crippen molar-refractivity contribution in [3.63, 3.8) is 0 Å². The van der Waals surface area contributed by atoms with E-state index in [-0.39, 0.29) is 17.2 Å². The third-order valence-electron chi connectivity index (χ3n) is 7.49. The number of carbonyl (C=O) groups excluding carboxylic acids is 1. The second-order valence-electron chi connectivity index (χ2n) is 10.7. The van der Waals surface area contributed by atoms with E-state index in [4.69, 9.17) is 9.72 Å². The second-order valence-corrected chi connectivity index (χ2v) is 12.5. The van der Waals surface area contributed by atoms with Crippen molar-refractivity contribution in [1.82, 2.24) is 4.98 Å². The van der Waals surface area contributed by atoms with Crippen LogP contribution in [0.4, 0.5) is 17.3 Å². The fraction of sp³-hybridized carbons (Fsp3) is 0.556. The quantitative estimate of drug-likeness (QED) is 0.387. The van der Waals surface area contributed by atoms with Gasteiger partial charge in [0.25, 0.3) is 5.91 Å². The maximum absolute atomic E-state index is 13.5. The summed E-state index contributed by atoms with van der Waals surface area (Å²) in [5, 5.41) is 6.15. The number of hydrogen-bond acceptors (Lipinski definition) is 8. The average Bonchev–Trinajstić information content (AvgIpc) is 3.63. The summed E-state index contributed by atoms with van der Waals surface area (Å²) in [6.45, 7) is 9.13. The molecule has 3 heterocycles. The SMILES string of the molecule is CC(C)(CN=O)Sc1ccc(C(=O)Nc2cccc(N3CCOCC3)n2)c(N2CCC3(CC2)CC3)c1. The lowest BCUT2D eigenvalue weighted by molar-refractivity contribution is 0.102. The van der Waals surface area contributed by atoms with E-state index in [0.717, 1.165) is 42.6 Å². The van der Waals surface area contributed by atoms with Crippen LogP contribution in [0.3, 0.4) is 0 Å². The van der Waals surface area contributed by atoms with Crippen molar-refractivity contribution < 1.29 is 9.53 Å². The zero-order valence-corrected chi connectivity index (χ0v) is 22.0. The Morgan fingerprint density at radius 1 is 1.08 bits per heavy atom. The molecular weight excluding hydrogens is 474 g/mol. The van der Waals surface area contributed by atoms with E-state index in [1.54, 1.807) is 11.8 Å². The number of rotatable bonds is 8. The molecule has 0 unspecified atom stereocenters. The summed E-state index contributed by atoms with van der Waals surface area (Å²) < 4.78 is 5.14. The van der Waals surface area contributed by atoms with Crippen molar-refractivity contribution in [1.29, 1.82) is 0 Å². The van der Waals surface area contributed by atoms with Gasteiger partial charge in [-0.2, -0.15) is 4.91 Å². The van der Waals surface area contributed by atoms with Crippen LogP contribution in [0.25, 0.3) is 0 Å². The van der Waals surface area contributed by atoms with Gasteiger partial charge in [-0.25, -0.2) is 4.98 Å². The van der Waals surface area contributed by atoms with Crippen molar-refractivity contribution in [3.8, 4) is 0 Å². The van der Waals surface area contributed by atoms with Gasteiger partial charge in [-0.3, -0.25) is 4.79 Å². The van der Waals surface area contributed by atoms with Crippen LogP contribution in [-0.4, -0.2) is 61.6 Å². The van der Waals surface area contributed by atoms with Crippen LogP contribution < -0.4 is 15.1 Å². The Kier molecular flexibility index (Phi) is 7.21. The standard InChI is InChI=1S/C27H35N5O3S/c1-26(2,19-28-34)36-20-6-7-21(22(18-20)31-12-10-27(8-9-27)11-13-31)25(33)30-23-4-3-5-24(29-23)32-14-16-35-17-15-32/h3-7,18H,8-17,19H2,1-2H3,(H,29,30,33). The largest absolute Gasteiger partial charge is 0.378 e. The first-order valence-corrected chi connectivity index (χ1v) is 13.7. The zero-order chi connectivity index (χ0) is 25.2. The molecule has 0 bridgehead atoms. The molecule has 1 amide bonds. The van der Waals surface area contributed by atoms with Gasteiger partial charge in [-0.1, -0.05) is 11.2 Å². The Hall–Kier alpha value is -2.65. The number of carbonyl (C=O) groups is 1. The molecule has 2 aromatic rings.